The van der Waals surface area contributed by atoms with Crippen LogP contribution in [0.1, 0.15) is 24.8 Å². The first-order chi connectivity index (χ1) is 8.88. The predicted octanol–water partition coefficient (Wildman–Crippen LogP) is 2.57. The van der Waals surface area contributed by atoms with E-state index in [4.69, 9.17) is 0 Å². The van der Waals surface area contributed by atoms with E-state index >= 15 is 0 Å². The molecule has 0 radical (unpaired) electrons. The highest BCUT2D eigenvalue weighted by Crippen LogP contribution is 2.32. The van der Waals surface area contributed by atoms with Crippen molar-refractivity contribution in [2.24, 2.45) is 0 Å². The summed E-state index contributed by atoms with van der Waals surface area (Å²) < 4.78 is 0. The van der Waals surface area contributed by atoms with Gasteiger partial charge in [-0.2, -0.15) is 0 Å². The molecule has 0 aromatic heterocycles. The average Bonchev–Trinajstić information content (AvgIpc) is 2.67. The van der Waals surface area contributed by atoms with Crippen LogP contribution >= 0.6 is 0 Å². The molecule has 0 aliphatic carbocycles. The molecule has 0 amide bonds. The molecule has 2 bridgehead atoms. The maximum Gasteiger partial charge on any atom is 0.0259 e. The molecule has 2 fully saturated rings. The highest BCUT2D eigenvalue weighted by Gasteiger charge is 2.41. The minimum Gasteiger partial charge on any atom is -0.311 e. The van der Waals surface area contributed by atoms with E-state index in [9.17, 15) is 0 Å². The number of fused-ring (bicyclic) bond motifs is 2. The lowest BCUT2D eigenvalue weighted by Gasteiger charge is -2.40. The third-order valence-electron chi connectivity index (χ3n) is 4.40. The van der Waals surface area contributed by atoms with Crippen LogP contribution in [0.3, 0.4) is 0 Å². The van der Waals surface area contributed by atoms with Crippen LogP contribution in [0.15, 0.2) is 43.0 Å². The van der Waals surface area contributed by atoms with Crippen molar-refractivity contribution in [3.63, 3.8) is 0 Å². The predicted molar refractivity (Wildman–Crippen MR) is 75.4 cm³/mol. The maximum atomic E-state index is 3.89. The van der Waals surface area contributed by atoms with Crippen molar-refractivity contribution < 1.29 is 0 Å². The number of hydrogen-bond acceptors (Lipinski definition) is 2. The van der Waals surface area contributed by atoms with Gasteiger partial charge in [0.05, 0.1) is 0 Å². The highest BCUT2D eigenvalue weighted by atomic mass is 15.3. The number of piperazine rings is 1. The molecule has 1 aromatic rings. The van der Waals surface area contributed by atoms with Gasteiger partial charge in [-0.1, -0.05) is 36.4 Å². The lowest BCUT2D eigenvalue weighted by Crippen LogP contribution is -2.57. The number of hydrogen-bond donors (Lipinski definition) is 1. The Bertz CT molecular complexity index is 401. The number of rotatable bonds is 4. The Morgan fingerprint density at radius 1 is 1.28 bits per heavy atom. The van der Waals surface area contributed by atoms with Crippen LogP contribution in [0, 0.1) is 0 Å². The van der Waals surface area contributed by atoms with Crippen molar-refractivity contribution in [2.75, 3.05) is 6.54 Å². The van der Waals surface area contributed by atoms with Crippen LogP contribution in [0.2, 0.25) is 0 Å². The van der Waals surface area contributed by atoms with Gasteiger partial charge in [0.2, 0.25) is 0 Å². The molecule has 0 spiro atoms. The summed E-state index contributed by atoms with van der Waals surface area (Å²) in [7, 11) is 0. The van der Waals surface area contributed by atoms with Crippen molar-refractivity contribution in [2.45, 2.75) is 43.9 Å². The minimum atomic E-state index is 0.602. The molecule has 0 saturated carbocycles. The zero-order valence-electron chi connectivity index (χ0n) is 10.9. The van der Waals surface area contributed by atoms with Crippen molar-refractivity contribution in [1.82, 2.24) is 10.2 Å². The molecular weight excluding hydrogens is 220 g/mol. The monoisotopic (exact) mass is 242 g/mol. The van der Waals surface area contributed by atoms with Crippen LogP contribution < -0.4 is 5.32 Å². The van der Waals surface area contributed by atoms with Gasteiger partial charge in [0, 0.05) is 31.2 Å². The molecule has 96 valence electrons. The molecule has 2 saturated heterocycles. The fraction of sp³-hybridized carbons (Fsp3) is 0.500. The normalized spacial score (nSPS) is 31.4. The lowest BCUT2D eigenvalue weighted by molar-refractivity contribution is 0.109. The summed E-state index contributed by atoms with van der Waals surface area (Å²) in [6.45, 7) is 6.13. The quantitative estimate of drug-likeness (QED) is 0.816. The lowest BCUT2D eigenvalue weighted by atomic mass is 10.0. The van der Waals surface area contributed by atoms with Crippen molar-refractivity contribution >= 4 is 0 Å². The number of nitrogens with one attached hydrogen (secondary N) is 1. The van der Waals surface area contributed by atoms with E-state index in [-0.39, 0.29) is 0 Å². The largest absolute Gasteiger partial charge is 0.311 e. The molecule has 2 aliphatic heterocycles. The van der Waals surface area contributed by atoms with Gasteiger partial charge in [-0.3, -0.25) is 4.90 Å². The van der Waals surface area contributed by atoms with Crippen LogP contribution in [0.4, 0.5) is 0 Å². The zero-order chi connectivity index (χ0) is 12.4. The second kappa shape index (κ2) is 5.25. The number of benzene rings is 1. The number of nitrogens with zero attached hydrogens (tertiary/aromatic N) is 1. The minimum absolute atomic E-state index is 0.602. The van der Waals surface area contributed by atoms with Gasteiger partial charge >= 0.3 is 0 Å². The summed E-state index contributed by atoms with van der Waals surface area (Å²) in [6.07, 6.45) is 5.82. The zero-order valence-corrected chi connectivity index (χ0v) is 10.9. The average molecular weight is 242 g/mol. The molecule has 3 rings (SSSR count). The topological polar surface area (TPSA) is 15.3 Å². The molecule has 3 atom stereocenters. The third kappa shape index (κ3) is 2.23. The van der Waals surface area contributed by atoms with Gasteiger partial charge in [-0.05, 0) is 24.8 Å². The van der Waals surface area contributed by atoms with Gasteiger partial charge in [0.25, 0.3) is 0 Å². The van der Waals surface area contributed by atoms with E-state index in [0.29, 0.717) is 12.1 Å². The van der Waals surface area contributed by atoms with E-state index in [0.717, 1.165) is 25.6 Å². The second-order valence-electron chi connectivity index (χ2n) is 5.50. The standard InChI is InChI=1S/C16H22N2/c1-2-6-15-16-10-9-14(11-17-15)18(16)12-13-7-4-3-5-8-13/h2-5,7-8,14-17H,1,6,9-12H2/t14-,15-,16+/m1/s1. The van der Waals surface area contributed by atoms with Crippen molar-refractivity contribution in [3.8, 4) is 0 Å². The first-order valence-corrected chi connectivity index (χ1v) is 7.02. The highest BCUT2D eigenvalue weighted by molar-refractivity contribution is 5.16. The van der Waals surface area contributed by atoms with Gasteiger partial charge in [-0.25, -0.2) is 0 Å². The molecule has 2 aliphatic rings. The van der Waals surface area contributed by atoms with Gasteiger partial charge < -0.3 is 5.32 Å². The van der Waals surface area contributed by atoms with E-state index in [2.05, 4.69) is 53.2 Å². The summed E-state index contributed by atoms with van der Waals surface area (Å²) in [4.78, 5) is 2.71. The van der Waals surface area contributed by atoms with E-state index in [1.165, 1.54) is 18.4 Å². The van der Waals surface area contributed by atoms with Gasteiger partial charge in [0.15, 0.2) is 0 Å². The van der Waals surface area contributed by atoms with Crippen molar-refractivity contribution in [1.29, 1.82) is 0 Å². The fourth-order valence-corrected chi connectivity index (χ4v) is 3.50. The Hall–Kier alpha value is -1.12. The van der Waals surface area contributed by atoms with Crippen LogP contribution in [0.5, 0.6) is 0 Å². The molecule has 2 heterocycles. The molecular formula is C16H22N2. The molecule has 18 heavy (non-hydrogen) atoms. The van der Waals surface area contributed by atoms with Gasteiger partial charge in [0.1, 0.15) is 0 Å². The molecule has 1 aromatic carbocycles. The Morgan fingerprint density at radius 3 is 2.89 bits per heavy atom. The van der Waals surface area contributed by atoms with Crippen LogP contribution in [0.25, 0.3) is 0 Å². The van der Waals surface area contributed by atoms with Crippen LogP contribution in [-0.4, -0.2) is 29.6 Å². The third-order valence-corrected chi connectivity index (χ3v) is 4.40. The molecule has 2 heteroatoms. The molecule has 1 N–H and O–H groups in total. The van der Waals surface area contributed by atoms with Crippen molar-refractivity contribution in [3.05, 3.63) is 48.6 Å². The Morgan fingerprint density at radius 2 is 2.11 bits per heavy atom. The fourth-order valence-electron chi connectivity index (χ4n) is 3.50. The summed E-state index contributed by atoms with van der Waals surface area (Å²) >= 11 is 0. The second-order valence-corrected chi connectivity index (χ2v) is 5.50. The molecule has 0 unspecified atom stereocenters. The Kier molecular flexibility index (Phi) is 3.48. The Balaban J connectivity index is 1.73. The smallest absolute Gasteiger partial charge is 0.0259 e. The summed E-state index contributed by atoms with van der Waals surface area (Å²) in [5.41, 5.74) is 1.44. The van der Waals surface area contributed by atoms with E-state index < -0.39 is 0 Å². The first kappa shape index (κ1) is 11.9. The summed E-state index contributed by atoms with van der Waals surface area (Å²) in [5.74, 6) is 0. The van der Waals surface area contributed by atoms with E-state index in [1.54, 1.807) is 0 Å². The van der Waals surface area contributed by atoms with E-state index in [1.807, 2.05) is 0 Å². The summed E-state index contributed by atoms with van der Waals surface area (Å²) in [6, 6.07) is 12.9. The summed E-state index contributed by atoms with van der Waals surface area (Å²) in [5, 5.41) is 3.68. The van der Waals surface area contributed by atoms with Gasteiger partial charge in [-0.15, -0.1) is 6.58 Å². The molecule has 2 nitrogen and oxygen atoms in total. The maximum absolute atomic E-state index is 3.89. The van der Waals surface area contributed by atoms with Crippen LogP contribution in [-0.2, 0) is 6.54 Å². The first-order valence-electron chi connectivity index (χ1n) is 7.02. The Labute approximate surface area is 110 Å². The SMILES string of the molecule is C=CC[C@H]1NC[C@H]2CC[C@@H]1N2Cc1ccccc1.